The van der Waals surface area contributed by atoms with Crippen molar-refractivity contribution < 1.29 is 9.90 Å². The van der Waals surface area contributed by atoms with Crippen LogP contribution < -0.4 is 0 Å². The molecule has 1 N–H and O–H groups in total. The molecule has 0 fully saturated rings. The van der Waals surface area contributed by atoms with E-state index in [0.29, 0.717) is 18.0 Å². The first kappa shape index (κ1) is 19.9. The fourth-order valence-corrected chi connectivity index (χ4v) is 3.94. The van der Waals surface area contributed by atoms with E-state index in [-0.39, 0.29) is 17.7 Å². The van der Waals surface area contributed by atoms with Gasteiger partial charge >= 0.3 is 0 Å². The average Bonchev–Trinajstić information content (AvgIpc) is 3.00. The van der Waals surface area contributed by atoms with Crippen LogP contribution in [0.5, 0.6) is 0 Å². The molecule has 0 saturated carbocycles. The first-order valence-electron chi connectivity index (χ1n) is 10.3. The lowest BCUT2D eigenvalue weighted by Gasteiger charge is -2.28. The van der Waals surface area contributed by atoms with Crippen molar-refractivity contribution >= 4 is 11.5 Å². The Morgan fingerprint density at radius 2 is 1.60 bits per heavy atom. The minimum atomic E-state index is -0.352. The predicted octanol–water partition coefficient (Wildman–Crippen LogP) is 5.57. The number of aryl methyl sites for hydroxylation is 1. The third kappa shape index (κ3) is 3.73. The van der Waals surface area contributed by atoms with E-state index in [1.807, 2.05) is 43.3 Å². The summed E-state index contributed by atoms with van der Waals surface area (Å²) in [6.07, 6.45) is 3.44. The van der Waals surface area contributed by atoms with Crippen molar-refractivity contribution in [2.45, 2.75) is 39.3 Å². The Kier molecular flexibility index (Phi) is 5.40. The highest BCUT2D eigenvalue weighted by molar-refractivity contribution is 6.05. The molecular weight excluding hydrogens is 372 g/mol. The summed E-state index contributed by atoms with van der Waals surface area (Å²) in [5.41, 5.74) is 5.86. The van der Waals surface area contributed by atoms with Gasteiger partial charge in [-0.15, -0.1) is 0 Å². The van der Waals surface area contributed by atoms with Gasteiger partial charge in [-0.3, -0.25) is 9.78 Å². The van der Waals surface area contributed by atoms with Gasteiger partial charge in [0, 0.05) is 24.5 Å². The van der Waals surface area contributed by atoms with Gasteiger partial charge < -0.3 is 10.0 Å². The lowest BCUT2D eigenvalue weighted by molar-refractivity contribution is -0.130. The van der Waals surface area contributed by atoms with Crippen LogP contribution >= 0.6 is 0 Å². The number of aromatic nitrogens is 1. The SMILES string of the molecule is Cc1ccc(C2=C(O)C(=O)N(Cc3ccncc3)[C@H]2c2ccc(C(C)C)cc2)cc1. The predicted molar refractivity (Wildman–Crippen MR) is 119 cm³/mol. The van der Waals surface area contributed by atoms with E-state index in [0.717, 1.165) is 22.3 Å². The second-order valence-corrected chi connectivity index (χ2v) is 8.14. The minimum Gasteiger partial charge on any atom is -0.503 e. The maximum atomic E-state index is 13.1. The zero-order valence-electron chi connectivity index (χ0n) is 17.5. The molecule has 2 heterocycles. The third-order valence-corrected chi connectivity index (χ3v) is 5.69. The number of benzene rings is 2. The van der Waals surface area contributed by atoms with Crippen LogP contribution in [0.3, 0.4) is 0 Å². The van der Waals surface area contributed by atoms with Gasteiger partial charge in [0.15, 0.2) is 5.76 Å². The van der Waals surface area contributed by atoms with Gasteiger partial charge in [0.2, 0.25) is 0 Å². The Bertz CT molecular complexity index is 1070. The number of aliphatic hydroxyl groups excluding tert-OH is 1. The van der Waals surface area contributed by atoms with Crippen LogP contribution in [0.1, 0.15) is 53.6 Å². The standard InChI is InChI=1S/C26H26N2O2/c1-17(2)20-8-10-22(11-9-20)24-23(21-6-4-18(3)5-7-21)25(29)26(30)28(24)16-19-12-14-27-15-13-19/h4-15,17,24,29H,16H2,1-3H3/t24-/m0/s1. The molecule has 0 saturated heterocycles. The number of rotatable bonds is 5. The highest BCUT2D eigenvalue weighted by Gasteiger charge is 2.40. The van der Waals surface area contributed by atoms with Gasteiger partial charge in [-0.2, -0.15) is 0 Å². The number of hydrogen-bond donors (Lipinski definition) is 1. The number of aliphatic hydroxyl groups is 1. The molecule has 1 amide bonds. The summed E-state index contributed by atoms with van der Waals surface area (Å²) in [6, 6.07) is 19.7. The molecule has 1 aromatic heterocycles. The molecule has 152 valence electrons. The fraction of sp³-hybridized carbons (Fsp3) is 0.231. The normalized spacial score (nSPS) is 16.6. The monoisotopic (exact) mass is 398 g/mol. The first-order valence-corrected chi connectivity index (χ1v) is 10.3. The number of carbonyl (C=O) groups excluding carboxylic acids is 1. The van der Waals surface area contributed by atoms with Gasteiger partial charge in [-0.05, 0) is 47.2 Å². The average molecular weight is 399 g/mol. The lowest BCUT2D eigenvalue weighted by Crippen LogP contribution is -2.29. The number of pyridine rings is 1. The smallest absolute Gasteiger partial charge is 0.290 e. The molecule has 1 aliphatic rings. The topological polar surface area (TPSA) is 53.4 Å². The Morgan fingerprint density at radius 1 is 0.967 bits per heavy atom. The van der Waals surface area contributed by atoms with Crippen LogP contribution in [-0.4, -0.2) is 20.9 Å². The van der Waals surface area contributed by atoms with Crippen LogP contribution in [0, 0.1) is 6.92 Å². The fourth-order valence-electron chi connectivity index (χ4n) is 3.94. The molecule has 4 nitrogen and oxygen atoms in total. The van der Waals surface area contributed by atoms with E-state index in [4.69, 9.17) is 0 Å². The summed E-state index contributed by atoms with van der Waals surface area (Å²) in [4.78, 5) is 18.9. The zero-order valence-corrected chi connectivity index (χ0v) is 17.5. The quantitative estimate of drug-likeness (QED) is 0.612. The zero-order chi connectivity index (χ0) is 21.3. The van der Waals surface area contributed by atoms with Crippen molar-refractivity contribution in [3.63, 3.8) is 0 Å². The van der Waals surface area contributed by atoms with E-state index < -0.39 is 0 Å². The highest BCUT2D eigenvalue weighted by Crippen LogP contribution is 2.44. The van der Waals surface area contributed by atoms with Crippen molar-refractivity contribution in [2.24, 2.45) is 0 Å². The van der Waals surface area contributed by atoms with Gasteiger partial charge in [0.05, 0.1) is 6.04 Å². The number of amides is 1. The molecule has 0 unspecified atom stereocenters. The summed E-state index contributed by atoms with van der Waals surface area (Å²) < 4.78 is 0. The largest absolute Gasteiger partial charge is 0.503 e. The van der Waals surface area contributed by atoms with Gasteiger partial charge in [0.1, 0.15) is 0 Å². The van der Waals surface area contributed by atoms with Gasteiger partial charge in [-0.25, -0.2) is 0 Å². The molecule has 4 heteroatoms. The molecule has 0 radical (unpaired) electrons. The molecule has 4 rings (SSSR count). The second-order valence-electron chi connectivity index (χ2n) is 8.14. The Labute approximate surface area is 177 Å². The van der Waals surface area contributed by atoms with E-state index >= 15 is 0 Å². The lowest BCUT2D eigenvalue weighted by atomic mass is 9.91. The summed E-state index contributed by atoms with van der Waals surface area (Å²) in [5.74, 6) is -0.0936. The van der Waals surface area contributed by atoms with Crippen LogP contribution in [0.15, 0.2) is 78.8 Å². The highest BCUT2D eigenvalue weighted by atomic mass is 16.3. The van der Waals surface area contributed by atoms with Crippen molar-refractivity contribution in [1.29, 1.82) is 0 Å². The maximum absolute atomic E-state index is 13.1. The van der Waals surface area contributed by atoms with Crippen LogP contribution in [0.4, 0.5) is 0 Å². The Hall–Kier alpha value is -3.40. The van der Waals surface area contributed by atoms with Crippen molar-refractivity contribution in [3.8, 4) is 0 Å². The minimum absolute atomic E-state index is 0.175. The van der Waals surface area contributed by atoms with Gasteiger partial charge in [-0.1, -0.05) is 67.9 Å². The summed E-state index contributed by atoms with van der Waals surface area (Å²) in [5, 5.41) is 10.9. The van der Waals surface area contributed by atoms with Crippen LogP contribution in [-0.2, 0) is 11.3 Å². The van der Waals surface area contributed by atoms with Crippen LogP contribution in [0.25, 0.3) is 5.57 Å². The Morgan fingerprint density at radius 3 is 2.20 bits per heavy atom. The van der Waals surface area contributed by atoms with E-state index in [1.165, 1.54) is 5.56 Å². The van der Waals surface area contributed by atoms with Crippen LogP contribution in [0.2, 0.25) is 0 Å². The summed E-state index contributed by atoms with van der Waals surface area (Å²) in [6.45, 7) is 6.74. The summed E-state index contributed by atoms with van der Waals surface area (Å²) in [7, 11) is 0. The van der Waals surface area contributed by atoms with Crippen molar-refractivity contribution in [2.75, 3.05) is 0 Å². The molecule has 1 atom stereocenters. The first-order chi connectivity index (χ1) is 14.5. The third-order valence-electron chi connectivity index (χ3n) is 5.69. The number of nitrogens with zero attached hydrogens (tertiary/aromatic N) is 2. The van der Waals surface area contributed by atoms with E-state index in [2.05, 4.69) is 43.1 Å². The number of hydrogen-bond acceptors (Lipinski definition) is 3. The van der Waals surface area contributed by atoms with E-state index in [1.54, 1.807) is 17.3 Å². The molecule has 1 aliphatic heterocycles. The van der Waals surface area contributed by atoms with Crippen molar-refractivity contribution in [1.82, 2.24) is 9.88 Å². The Balaban J connectivity index is 1.80. The molecule has 0 aliphatic carbocycles. The molecule has 0 bridgehead atoms. The molecule has 0 spiro atoms. The molecular formula is C26H26N2O2. The van der Waals surface area contributed by atoms with Gasteiger partial charge in [0.25, 0.3) is 5.91 Å². The number of carbonyl (C=O) groups is 1. The summed E-state index contributed by atoms with van der Waals surface area (Å²) >= 11 is 0. The van der Waals surface area contributed by atoms with Crippen molar-refractivity contribution in [3.05, 3.63) is 107 Å². The molecule has 2 aromatic carbocycles. The second kappa shape index (κ2) is 8.15. The maximum Gasteiger partial charge on any atom is 0.290 e. The molecule has 3 aromatic rings. The molecule has 30 heavy (non-hydrogen) atoms. The van der Waals surface area contributed by atoms with E-state index in [9.17, 15) is 9.90 Å².